The van der Waals surface area contributed by atoms with Gasteiger partial charge < -0.3 is 10.1 Å². The summed E-state index contributed by atoms with van der Waals surface area (Å²) in [7, 11) is 3.44. The molecule has 1 unspecified atom stereocenters. The number of nitrogens with one attached hydrogen (secondary N) is 1. The Hall–Kier alpha value is -1.95. The van der Waals surface area contributed by atoms with E-state index in [0.29, 0.717) is 5.82 Å². The summed E-state index contributed by atoms with van der Waals surface area (Å²) in [5.74, 6) is 1.31. The molecule has 106 valence electrons. The van der Waals surface area contributed by atoms with Gasteiger partial charge in [-0.3, -0.25) is 9.48 Å². The fraction of sp³-hybridized carbons (Fsp3) is 0.286. The van der Waals surface area contributed by atoms with Crippen LogP contribution in [0.4, 0.5) is 5.82 Å². The molecule has 1 aromatic heterocycles. The minimum atomic E-state index is -0.203. The molecule has 6 heteroatoms. The normalized spacial score (nSPS) is 11.9. The molecule has 0 radical (unpaired) electrons. The van der Waals surface area contributed by atoms with Crippen molar-refractivity contribution in [1.82, 2.24) is 9.78 Å². The minimum absolute atomic E-state index is 0.0653. The number of nitrogens with zero attached hydrogens (tertiary/aromatic N) is 2. The molecule has 5 nitrogen and oxygen atoms in total. The molecule has 1 amide bonds. The van der Waals surface area contributed by atoms with Crippen LogP contribution in [0.25, 0.3) is 0 Å². The van der Waals surface area contributed by atoms with E-state index >= 15 is 0 Å². The van der Waals surface area contributed by atoms with Gasteiger partial charge in [0, 0.05) is 24.2 Å². The fourth-order valence-corrected chi connectivity index (χ4v) is 2.49. The van der Waals surface area contributed by atoms with Gasteiger partial charge in [-0.05, 0) is 31.2 Å². The van der Waals surface area contributed by atoms with Gasteiger partial charge in [0.05, 0.1) is 12.4 Å². The van der Waals surface area contributed by atoms with Crippen molar-refractivity contribution in [3.8, 4) is 5.75 Å². The molecule has 20 heavy (non-hydrogen) atoms. The highest BCUT2D eigenvalue weighted by Crippen LogP contribution is 2.25. The highest BCUT2D eigenvalue weighted by atomic mass is 32.2. The second-order valence-electron chi connectivity index (χ2n) is 4.30. The zero-order valence-corrected chi connectivity index (χ0v) is 12.5. The zero-order chi connectivity index (χ0) is 14.5. The lowest BCUT2D eigenvalue weighted by Crippen LogP contribution is -2.22. The number of rotatable bonds is 5. The molecule has 0 saturated carbocycles. The van der Waals surface area contributed by atoms with E-state index in [1.807, 2.05) is 38.2 Å². The number of aryl methyl sites for hydroxylation is 1. The lowest BCUT2D eigenvalue weighted by Gasteiger charge is -2.11. The van der Waals surface area contributed by atoms with Crippen LogP contribution in [0.5, 0.6) is 5.75 Å². The minimum Gasteiger partial charge on any atom is -0.497 e. The van der Waals surface area contributed by atoms with Gasteiger partial charge in [-0.2, -0.15) is 5.10 Å². The van der Waals surface area contributed by atoms with Crippen LogP contribution in [0.15, 0.2) is 41.4 Å². The Kier molecular flexibility index (Phi) is 4.68. The fourth-order valence-electron chi connectivity index (χ4n) is 1.62. The molecular weight excluding hydrogens is 274 g/mol. The highest BCUT2D eigenvalue weighted by molar-refractivity contribution is 8.00. The maximum absolute atomic E-state index is 12.0. The maximum atomic E-state index is 12.0. The molecule has 1 heterocycles. The topological polar surface area (TPSA) is 56.1 Å². The Balaban J connectivity index is 1.92. The Morgan fingerprint density at radius 3 is 2.60 bits per heavy atom. The third-order valence-corrected chi connectivity index (χ3v) is 3.82. The first-order chi connectivity index (χ1) is 9.58. The predicted molar refractivity (Wildman–Crippen MR) is 80.2 cm³/mol. The van der Waals surface area contributed by atoms with Gasteiger partial charge in [-0.25, -0.2) is 0 Å². The quantitative estimate of drug-likeness (QED) is 0.860. The summed E-state index contributed by atoms with van der Waals surface area (Å²) in [6.07, 6.45) is 1.79. The largest absolute Gasteiger partial charge is 0.497 e. The van der Waals surface area contributed by atoms with E-state index in [1.165, 1.54) is 11.8 Å². The number of carbonyl (C=O) groups is 1. The summed E-state index contributed by atoms with van der Waals surface area (Å²) in [6.45, 7) is 1.87. The summed E-state index contributed by atoms with van der Waals surface area (Å²) in [6, 6.07) is 9.40. The van der Waals surface area contributed by atoms with Crippen LogP contribution in [0.1, 0.15) is 6.92 Å². The molecule has 0 spiro atoms. The van der Waals surface area contributed by atoms with E-state index < -0.39 is 0 Å². The molecular formula is C14H17N3O2S. The van der Waals surface area contributed by atoms with Gasteiger partial charge in [0.25, 0.3) is 0 Å². The first-order valence-electron chi connectivity index (χ1n) is 6.19. The molecule has 1 aromatic carbocycles. The smallest absolute Gasteiger partial charge is 0.238 e. The molecule has 2 aromatic rings. The van der Waals surface area contributed by atoms with Gasteiger partial charge >= 0.3 is 0 Å². The molecule has 0 saturated heterocycles. The lowest BCUT2D eigenvalue weighted by molar-refractivity contribution is -0.115. The van der Waals surface area contributed by atoms with Crippen molar-refractivity contribution < 1.29 is 9.53 Å². The van der Waals surface area contributed by atoms with E-state index in [4.69, 9.17) is 4.74 Å². The van der Waals surface area contributed by atoms with E-state index in [9.17, 15) is 4.79 Å². The van der Waals surface area contributed by atoms with Crippen LogP contribution < -0.4 is 10.1 Å². The number of carbonyl (C=O) groups excluding carboxylic acids is 1. The van der Waals surface area contributed by atoms with Crippen molar-refractivity contribution in [2.75, 3.05) is 12.4 Å². The average molecular weight is 291 g/mol. The number of amides is 1. The molecule has 1 atom stereocenters. The summed E-state index contributed by atoms with van der Waals surface area (Å²) < 4.78 is 6.75. The SMILES string of the molecule is COc1ccc(SC(C)C(=O)Nc2ccn(C)n2)cc1. The van der Waals surface area contributed by atoms with Crippen LogP contribution in [-0.4, -0.2) is 28.0 Å². The second kappa shape index (κ2) is 6.47. The summed E-state index contributed by atoms with van der Waals surface area (Å²) >= 11 is 1.49. The number of methoxy groups -OCH3 is 1. The number of hydrogen-bond donors (Lipinski definition) is 1. The summed E-state index contributed by atoms with van der Waals surface area (Å²) in [5.41, 5.74) is 0. The summed E-state index contributed by atoms with van der Waals surface area (Å²) in [5, 5.41) is 6.71. The van der Waals surface area contributed by atoms with Gasteiger partial charge in [0.15, 0.2) is 5.82 Å². The van der Waals surface area contributed by atoms with Gasteiger partial charge in [-0.1, -0.05) is 0 Å². The predicted octanol–water partition coefficient (Wildman–Crippen LogP) is 2.55. The van der Waals surface area contributed by atoms with Crippen LogP contribution >= 0.6 is 11.8 Å². The number of benzene rings is 1. The molecule has 0 bridgehead atoms. The Labute approximate surface area is 122 Å². The lowest BCUT2D eigenvalue weighted by atomic mass is 10.3. The van der Waals surface area contributed by atoms with E-state index in [1.54, 1.807) is 24.1 Å². The van der Waals surface area contributed by atoms with Crippen molar-refractivity contribution in [3.63, 3.8) is 0 Å². The molecule has 1 N–H and O–H groups in total. The van der Waals surface area contributed by atoms with Crippen molar-refractivity contribution in [3.05, 3.63) is 36.5 Å². The Morgan fingerprint density at radius 1 is 1.35 bits per heavy atom. The maximum Gasteiger partial charge on any atom is 0.238 e. The number of hydrogen-bond acceptors (Lipinski definition) is 4. The number of anilines is 1. The number of aromatic nitrogens is 2. The van der Waals surface area contributed by atoms with Crippen molar-refractivity contribution >= 4 is 23.5 Å². The molecule has 0 aliphatic rings. The van der Waals surface area contributed by atoms with E-state index in [0.717, 1.165) is 10.6 Å². The summed E-state index contributed by atoms with van der Waals surface area (Å²) in [4.78, 5) is 13.1. The van der Waals surface area contributed by atoms with Gasteiger partial charge in [-0.15, -0.1) is 11.8 Å². The molecule has 2 rings (SSSR count). The first kappa shape index (κ1) is 14.5. The Bertz CT molecular complexity index is 580. The second-order valence-corrected chi connectivity index (χ2v) is 5.71. The Morgan fingerprint density at radius 2 is 2.05 bits per heavy atom. The first-order valence-corrected chi connectivity index (χ1v) is 7.07. The van der Waals surface area contributed by atoms with Crippen LogP contribution in [0.3, 0.4) is 0 Å². The molecule has 0 fully saturated rings. The van der Waals surface area contributed by atoms with Gasteiger partial charge in [0.2, 0.25) is 5.91 Å². The standard InChI is InChI=1S/C14H17N3O2S/c1-10(14(18)15-13-8-9-17(2)16-13)20-12-6-4-11(19-3)5-7-12/h4-10H,1-3H3,(H,15,16,18). The van der Waals surface area contributed by atoms with E-state index in [2.05, 4.69) is 10.4 Å². The van der Waals surface area contributed by atoms with E-state index in [-0.39, 0.29) is 11.2 Å². The monoisotopic (exact) mass is 291 g/mol. The third kappa shape index (κ3) is 3.77. The van der Waals surface area contributed by atoms with Crippen molar-refractivity contribution in [2.24, 2.45) is 7.05 Å². The highest BCUT2D eigenvalue weighted by Gasteiger charge is 2.15. The van der Waals surface area contributed by atoms with Crippen molar-refractivity contribution in [2.45, 2.75) is 17.1 Å². The average Bonchev–Trinajstić information content (AvgIpc) is 2.85. The van der Waals surface area contributed by atoms with Crippen LogP contribution in [-0.2, 0) is 11.8 Å². The van der Waals surface area contributed by atoms with Gasteiger partial charge in [0.1, 0.15) is 5.75 Å². The molecule has 0 aliphatic heterocycles. The number of thioether (sulfide) groups is 1. The molecule has 0 aliphatic carbocycles. The third-order valence-electron chi connectivity index (χ3n) is 2.71. The number of ether oxygens (including phenoxy) is 1. The van der Waals surface area contributed by atoms with Crippen molar-refractivity contribution in [1.29, 1.82) is 0 Å². The van der Waals surface area contributed by atoms with Crippen LogP contribution in [0, 0.1) is 0 Å². The zero-order valence-electron chi connectivity index (χ0n) is 11.7. The van der Waals surface area contributed by atoms with Crippen LogP contribution in [0.2, 0.25) is 0 Å².